The summed E-state index contributed by atoms with van der Waals surface area (Å²) in [5.74, 6) is -0.333. The fourth-order valence-electron chi connectivity index (χ4n) is 3.49. The summed E-state index contributed by atoms with van der Waals surface area (Å²) < 4.78 is 30.0. The number of fused-ring (bicyclic) bond motifs is 1. The highest BCUT2D eigenvalue weighted by Gasteiger charge is 2.40. The largest absolute Gasteiger partial charge is 0.367 e. The summed E-state index contributed by atoms with van der Waals surface area (Å²) in [5, 5.41) is 2.15. The van der Waals surface area contributed by atoms with Gasteiger partial charge < -0.3 is 10.1 Å². The van der Waals surface area contributed by atoms with Crippen LogP contribution in [0.5, 0.6) is 0 Å². The van der Waals surface area contributed by atoms with E-state index in [1.54, 1.807) is 0 Å². The molecule has 0 spiro atoms. The Hall–Kier alpha value is -2.18. The lowest BCUT2D eigenvalue weighted by Crippen LogP contribution is -2.42. The molecular weight excluding hydrogens is 338 g/mol. The third-order valence-corrected chi connectivity index (χ3v) is 6.04. The third kappa shape index (κ3) is 3.60. The number of nitrogens with one attached hydrogen (secondary N) is 1. The first-order valence-electron chi connectivity index (χ1n) is 8.06. The van der Waals surface area contributed by atoms with Crippen LogP contribution in [0, 0.1) is 0 Å². The molecule has 0 fully saturated rings. The molecule has 0 radical (unpaired) electrons. The molecule has 1 amide bonds. The summed E-state index contributed by atoms with van der Waals surface area (Å²) in [6.07, 6.45) is 0.930. The van der Waals surface area contributed by atoms with E-state index in [-0.39, 0.29) is 5.91 Å². The SMILES string of the molecule is CO[C@H](C(=O)NC1Cc2ccccc2C1S(C)(=O)=O)c1ccccc1. The van der Waals surface area contributed by atoms with Gasteiger partial charge >= 0.3 is 0 Å². The van der Waals surface area contributed by atoms with Gasteiger partial charge in [-0.15, -0.1) is 0 Å². The zero-order valence-corrected chi connectivity index (χ0v) is 15.0. The van der Waals surface area contributed by atoms with E-state index in [1.165, 1.54) is 13.4 Å². The molecule has 5 nitrogen and oxygen atoms in total. The maximum absolute atomic E-state index is 12.7. The molecule has 3 atom stereocenters. The Bertz CT molecular complexity index is 864. The normalized spacial score (nSPS) is 20.7. The Kier molecular flexibility index (Phi) is 4.92. The highest BCUT2D eigenvalue weighted by atomic mass is 32.2. The van der Waals surface area contributed by atoms with Gasteiger partial charge in [-0.2, -0.15) is 0 Å². The van der Waals surface area contributed by atoms with Gasteiger partial charge in [-0.3, -0.25) is 4.79 Å². The molecule has 25 heavy (non-hydrogen) atoms. The molecule has 0 aliphatic heterocycles. The summed E-state index contributed by atoms with van der Waals surface area (Å²) in [6.45, 7) is 0. The lowest BCUT2D eigenvalue weighted by atomic mass is 10.1. The summed E-state index contributed by atoms with van der Waals surface area (Å²) in [7, 11) is -1.90. The molecule has 0 bridgehead atoms. The van der Waals surface area contributed by atoms with Crippen molar-refractivity contribution in [3.63, 3.8) is 0 Å². The van der Waals surface area contributed by atoms with E-state index in [4.69, 9.17) is 4.74 Å². The van der Waals surface area contributed by atoms with E-state index in [9.17, 15) is 13.2 Å². The second kappa shape index (κ2) is 6.98. The lowest BCUT2D eigenvalue weighted by Gasteiger charge is -2.23. The average Bonchev–Trinajstić information content (AvgIpc) is 2.94. The first kappa shape index (κ1) is 17.6. The molecule has 1 N–H and O–H groups in total. The summed E-state index contributed by atoms with van der Waals surface area (Å²) >= 11 is 0. The predicted octanol–water partition coefficient (Wildman–Crippen LogP) is 2.20. The number of hydrogen-bond donors (Lipinski definition) is 1. The van der Waals surface area contributed by atoms with Crippen molar-refractivity contribution in [2.24, 2.45) is 0 Å². The van der Waals surface area contributed by atoms with Crippen molar-refractivity contribution in [2.75, 3.05) is 13.4 Å². The smallest absolute Gasteiger partial charge is 0.254 e. The highest BCUT2D eigenvalue weighted by Crippen LogP contribution is 2.37. The van der Waals surface area contributed by atoms with E-state index in [0.29, 0.717) is 6.42 Å². The Morgan fingerprint density at radius 2 is 1.76 bits per heavy atom. The first-order valence-corrected chi connectivity index (χ1v) is 10.0. The van der Waals surface area contributed by atoms with Crippen LogP contribution in [0.15, 0.2) is 54.6 Å². The van der Waals surface area contributed by atoms with E-state index >= 15 is 0 Å². The van der Waals surface area contributed by atoms with Crippen LogP contribution < -0.4 is 5.32 Å². The van der Waals surface area contributed by atoms with Crippen LogP contribution in [0.1, 0.15) is 28.0 Å². The zero-order chi connectivity index (χ0) is 18.0. The van der Waals surface area contributed by atoms with Gasteiger partial charge in [-0.05, 0) is 23.1 Å². The fraction of sp³-hybridized carbons (Fsp3) is 0.316. The van der Waals surface area contributed by atoms with Crippen LogP contribution >= 0.6 is 0 Å². The standard InChI is InChI=1S/C19H21NO4S/c1-24-17(13-8-4-3-5-9-13)19(21)20-16-12-14-10-6-7-11-15(14)18(16)25(2,22)23/h3-11,16-18H,12H2,1-2H3,(H,20,21)/t16?,17-,18?/m0/s1. The quantitative estimate of drug-likeness (QED) is 0.888. The molecule has 0 aromatic heterocycles. The number of carbonyl (C=O) groups is 1. The molecule has 0 heterocycles. The number of sulfone groups is 1. The van der Waals surface area contributed by atoms with E-state index in [2.05, 4.69) is 5.32 Å². The molecule has 1 aliphatic carbocycles. The molecular formula is C19H21NO4S. The van der Waals surface area contributed by atoms with Gasteiger partial charge in [0.05, 0.1) is 6.04 Å². The summed E-state index contributed by atoms with van der Waals surface area (Å²) in [6, 6.07) is 16.1. The zero-order valence-electron chi connectivity index (χ0n) is 14.2. The summed E-state index contributed by atoms with van der Waals surface area (Å²) in [5.41, 5.74) is 2.45. The van der Waals surface area contributed by atoms with Crippen molar-refractivity contribution in [2.45, 2.75) is 23.8 Å². The second-order valence-corrected chi connectivity index (χ2v) is 8.46. The molecule has 2 aromatic carbocycles. The van der Waals surface area contributed by atoms with Crippen LogP contribution in [-0.4, -0.2) is 33.7 Å². The first-order chi connectivity index (χ1) is 11.9. The van der Waals surface area contributed by atoms with Crippen LogP contribution in [0.25, 0.3) is 0 Å². The van der Waals surface area contributed by atoms with Crippen molar-refractivity contribution >= 4 is 15.7 Å². The van der Waals surface area contributed by atoms with Gasteiger partial charge in [0.15, 0.2) is 15.9 Å². The predicted molar refractivity (Wildman–Crippen MR) is 95.9 cm³/mol. The molecule has 132 valence electrons. The number of amides is 1. The van der Waals surface area contributed by atoms with Gasteiger partial charge in [0.2, 0.25) is 0 Å². The minimum atomic E-state index is -3.36. The van der Waals surface area contributed by atoms with E-state index in [1.807, 2.05) is 54.6 Å². The molecule has 2 unspecified atom stereocenters. The molecule has 6 heteroatoms. The van der Waals surface area contributed by atoms with Gasteiger partial charge in [0.25, 0.3) is 5.91 Å². The Balaban J connectivity index is 1.86. The van der Waals surface area contributed by atoms with Crippen molar-refractivity contribution in [1.82, 2.24) is 5.32 Å². The van der Waals surface area contributed by atoms with Gasteiger partial charge in [0.1, 0.15) is 5.25 Å². The maximum atomic E-state index is 12.7. The molecule has 1 aliphatic rings. The Labute approximate surface area is 147 Å². The Morgan fingerprint density at radius 1 is 1.12 bits per heavy atom. The second-order valence-electron chi connectivity index (χ2n) is 6.29. The minimum absolute atomic E-state index is 0.333. The van der Waals surface area contributed by atoms with E-state index in [0.717, 1.165) is 16.7 Å². The lowest BCUT2D eigenvalue weighted by molar-refractivity contribution is -0.132. The monoisotopic (exact) mass is 359 g/mol. The average molecular weight is 359 g/mol. The third-order valence-electron chi connectivity index (χ3n) is 4.53. The molecule has 0 saturated carbocycles. The van der Waals surface area contributed by atoms with Crippen molar-refractivity contribution < 1.29 is 17.9 Å². The fourth-order valence-corrected chi connectivity index (χ4v) is 4.95. The number of carbonyl (C=O) groups excluding carboxylic acids is 1. The molecule has 2 aromatic rings. The highest BCUT2D eigenvalue weighted by molar-refractivity contribution is 7.91. The van der Waals surface area contributed by atoms with Crippen molar-refractivity contribution in [3.8, 4) is 0 Å². The van der Waals surface area contributed by atoms with Gasteiger partial charge in [-0.25, -0.2) is 8.42 Å². The minimum Gasteiger partial charge on any atom is -0.367 e. The van der Waals surface area contributed by atoms with Crippen LogP contribution in [-0.2, 0) is 25.8 Å². The number of methoxy groups -OCH3 is 1. The van der Waals surface area contributed by atoms with Crippen molar-refractivity contribution in [1.29, 1.82) is 0 Å². The number of hydrogen-bond acceptors (Lipinski definition) is 4. The molecule has 0 saturated heterocycles. The maximum Gasteiger partial charge on any atom is 0.254 e. The Morgan fingerprint density at radius 3 is 2.40 bits per heavy atom. The van der Waals surface area contributed by atoms with Crippen LogP contribution in [0.3, 0.4) is 0 Å². The van der Waals surface area contributed by atoms with Crippen molar-refractivity contribution in [3.05, 3.63) is 71.3 Å². The van der Waals surface area contributed by atoms with Crippen LogP contribution in [0.2, 0.25) is 0 Å². The van der Waals surface area contributed by atoms with Crippen LogP contribution in [0.4, 0.5) is 0 Å². The summed E-state index contributed by atoms with van der Waals surface area (Å²) in [4.78, 5) is 12.7. The number of ether oxygens (including phenoxy) is 1. The van der Waals surface area contributed by atoms with Gasteiger partial charge in [-0.1, -0.05) is 54.6 Å². The van der Waals surface area contributed by atoms with Gasteiger partial charge in [0, 0.05) is 13.4 Å². The van der Waals surface area contributed by atoms with E-state index < -0.39 is 27.2 Å². The number of benzene rings is 2. The topological polar surface area (TPSA) is 72.5 Å². The number of rotatable bonds is 5. The molecule has 3 rings (SSSR count).